The van der Waals surface area contributed by atoms with Crippen molar-refractivity contribution in [2.24, 2.45) is 11.8 Å². The van der Waals surface area contributed by atoms with Crippen molar-refractivity contribution in [2.45, 2.75) is 52.1 Å². The van der Waals surface area contributed by atoms with Crippen LogP contribution in [0.1, 0.15) is 57.1 Å². The van der Waals surface area contributed by atoms with Crippen molar-refractivity contribution in [1.82, 2.24) is 0 Å². The first-order chi connectivity index (χ1) is 15.6. The van der Waals surface area contributed by atoms with E-state index in [1.54, 1.807) is 19.1 Å². The lowest BCUT2D eigenvalue weighted by molar-refractivity contribution is -0.145. The van der Waals surface area contributed by atoms with E-state index in [1.807, 2.05) is 13.8 Å². The first kappa shape index (κ1) is 24.6. The molecule has 3 rings (SSSR count). The average Bonchev–Trinajstić information content (AvgIpc) is 3.59. The Morgan fingerprint density at radius 3 is 2.36 bits per heavy atom. The first-order valence-electron chi connectivity index (χ1n) is 11.2. The number of carbonyl (C=O) groups excluding carboxylic acids is 1. The molecular weight excluding hydrogens is 431 g/mol. The van der Waals surface area contributed by atoms with Gasteiger partial charge in [0.2, 0.25) is 5.69 Å². The van der Waals surface area contributed by atoms with Crippen LogP contribution in [0.25, 0.3) is 16.0 Å². The lowest BCUT2D eigenvalue weighted by Crippen LogP contribution is -2.18. The van der Waals surface area contributed by atoms with Gasteiger partial charge in [-0.25, -0.2) is 4.85 Å². The Balaban J connectivity index is 2.12. The van der Waals surface area contributed by atoms with Crippen LogP contribution >= 0.6 is 0 Å². The van der Waals surface area contributed by atoms with Crippen LogP contribution in [0.5, 0.6) is 5.75 Å². The van der Waals surface area contributed by atoms with E-state index < -0.39 is 17.7 Å². The summed E-state index contributed by atoms with van der Waals surface area (Å²) >= 11 is 0. The Hall–Kier alpha value is -3.01. The molecule has 1 aliphatic carbocycles. The van der Waals surface area contributed by atoms with Gasteiger partial charge < -0.3 is 9.47 Å². The van der Waals surface area contributed by atoms with E-state index in [2.05, 4.69) is 4.85 Å². The fraction of sp³-hybridized carbons (Fsp3) is 0.462. The molecule has 2 aromatic carbocycles. The number of ether oxygens (including phenoxy) is 2. The maximum absolute atomic E-state index is 13.1. The lowest BCUT2D eigenvalue weighted by Gasteiger charge is -2.21. The summed E-state index contributed by atoms with van der Waals surface area (Å²) in [5, 5.41) is 0. The van der Waals surface area contributed by atoms with Gasteiger partial charge in [0.1, 0.15) is 5.75 Å². The van der Waals surface area contributed by atoms with Crippen LogP contribution in [0.3, 0.4) is 0 Å². The molecule has 1 aliphatic rings. The summed E-state index contributed by atoms with van der Waals surface area (Å²) < 4.78 is 50.5. The third-order valence-electron chi connectivity index (χ3n) is 5.58. The Bertz CT molecular complexity index is 1020. The lowest BCUT2D eigenvalue weighted by atomic mass is 9.87. The molecule has 0 aromatic heterocycles. The largest absolute Gasteiger partial charge is 0.504 e. The molecule has 1 saturated carbocycles. The highest BCUT2D eigenvalue weighted by Crippen LogP contribution is 2.44. The zero-order valence-corrected chi connectivity index (χ0v) is 19.0. The number of rotatable bonds is 9. The molecular formula is C26H28F3NO3. The number of nitrogens with zero attached hydrogens (tertiary/aromatic N) is 1. The molecule has 0 heterocycles. The number of hydrogen-bond acceptors (Lipinski definition) is 3. The van der Waals surface area contributed by atoms with Gasteiger partial charge in [0.05, 0.1) is 31.3 Å². The predicted octanol–water partition coefficient (Wildman–Crippen LogP) is 7.40. The van der Waals surface area contributed by atoms with Crippen LogP contribution in [0.4, 0.5) is 18.9 Å². The molecule has 0 radical (unpaired) electrons. The van der Waals surface area contributed by atoms with E-state index in [-0.39, 0.29) is 24.2 Å². The molecule has 0 amide bonds. The van der Waals surface area contributed by atoms with Crippen molar-refractivity contribution >= 4 is 11.7 Å². The van der Waals surface area contributed by atoms with Crippen molar-refractivity contribution < 1.29 is 27.4 Å². The summed E-state index contributed by atoms with van der Waals surface area (Å²) in [5.41, 5.74) is 1.08. The summed E-state index contributed by atoms with van der Waals surface area (Å²) in [6.07, 6.45) is -1.81. The van der Waals surface area contributed by atoms with Crippen molar-refractivity contribution in [2.75, 3.05) is 13.2 Å². The molecule has 0 saturated heterocycles. The zero-order chi connectivity index (χ0) is 24.2. The normalized spacial score (nSPS) is 14.6. The molecule has 0 N–H and O–H groups in total. The van der Waals surface area contributed by atoms with Crippen molar-refractivity contribution in [3.8, 4) is 16.9 Å². The van der Waals surface area contributed by atoms with Crippen molar-refractivity contribution in [1.29, 1.82) is 0 Å². The first-order valence-corrected chi connectivity index (χ1v) is 11.2. The van der Waals surface area contributed by atoms with Crippen LogP contribution < -0.4 is 4.74 Å². The number of carbonyl (C=O) groups is 1. The maximum Gasteiger partial charge on any atom is 0.416 e. The van der Waals surface area contributed by atoms with Crippen molar-refractivity contribution in [3.05, 3.63) is 58.9 Å². The van der Waals surface area contributed by atoms with E-state index >= 15 is 0 Å². The monoisotopic (exact) mass is 459 g/mol. The second-order valence-electron chi connectivity index (χ2n) is 8.79. The van der Waals surface area contributed by atoms with E-state index in [9.17, 15) is 18.0 Å². The molecule has 0 bridgehead atoms. The Morgan fingerprint density at radius 2 is 1.85 bits per heavy atom. The van der Waals surface area contributed by atoms with E-state index in [4.69, 9.17) is 16.0 Å². The number of alkyl halides is 3. The van der Waals surface area contributed by atoms with Gasteiger partial charge in [0.15, 0.2) is 0 Å². The molecule has 1 unspecified atom stereocenters. The van der Waals surface area contributed by atoms with E-state index in [0.29, 0.717) is 41.4 Å². The second-order valence-corrected chi connectivity index (χ2v) is 8.79. The predicted molar refractivity (Wildman–Crippen MR) is 120 cm³/mol. The van der Waals surface area contributed by atoms with Crippen LogP contribution in [-0.4, -0.2) is 19.2 Å². The number of esters is 1. The van der Waals surface area contributed by atoms with Gasteiger partial charge in [-0.15, -0.1) is 0 Å². The molecule has 2 aromatic rings. The number of hydrogen-bond donors (Lipinski definition) is 0. The topological polar surface area (TPSA) is 39.9 Å². The Kier molecular flexibility index (Phi) is 7.68. The minimum absolute atomic E-state index is 0.191. The molecule has 7 heteroatoms. The number of halogens is 3. The summed E-state index contributed by atoms with van der Waals surface area (Å²) in [6.45, 7) is 14.1. The summed E-state index contributed by atoms with van der Waals surface area (Å²) in [6, 6.07) is 8.18. The van der Waals surface area contributed by atoms with Gasteiger partial charge in [0.25, 0.3) is 0 Å². The highest BCUT2D eigenvalue weighted by atomic mass is 19.4. The molecule has 176 valence electrons. The molecule has 33 heavy (non-hydrogen) atoms. The fourth-order valence-corrected chi connectivity index (χ4v) is 3.69. The highest BCUT2D eigenvalue weighted by molar-refractivity contribution is 5.84. The van der Waals surface area contributed by atoms with E-state index in [1.165, 1.54) is 12.1 Å². The zero-order valence-electron chi connectivity index (χ0n) is 19.0. The molecule has 4 nitrogen and oxygen atoms in total. The van der Waals surface area contributed by atoms with Gasteiger partial charge in [-0.2, -0.15) is 13.2 Å². The van der Waals surface area contributed by atoms with Gasteiger partial charge in [0, 0.05) is 5.56 Å². The standard InChI is InChI=1S/C26H28F3NO3/c1-5-32-25(31)22(12-16(2)3)19-13-21(18-8-10-20(11-9-18)26(27,28)29)24(23(14-19)30-4)33-15-17-6-7-17/h8-11,13-14,16-17,22H,5-7,12,15H2,1-3H3. The smallest absolute Gasteiger partial charge is 0.416 e. The van der Waals surface area contributed by atoms with Crippen LogP contribution in [0.2, 0.25) is 0 Å². The third kappa shape index (κ3) is 6.28. The fourth-order valence-electron chi connectivity index (χ4n) is 3.69. The molecule has 1 fully saturated rings. The maximum atomic E-state index is 13.1. The number of benzene rings is 2. The van der Waals surface area contributed by atoms with Gasteiger partial charge in [-0.05, 0) is 73.4 Å². The summed E-state index contributed by atoms with van der Waals surface area (Å²) in [5.74, 6) is -0.0103. The summed E-state index contributed by atoms with van der Waals surface area (Å²) in [4.78, 5) is 16.4. The molecule has 0 aliphatic heterocycles. The Labute approximate surface area is 192 Å². The SMILES string of the molecule is [C-]#[N+]c1cc(C(CC(C)C)C(=O)OCC)cc(-c2ccc(C(F)(F)F)cc2)c1OCC1CC1. The van der Waals surface area contributed by atoms with Gasteiger partial charge >= 0.3 is 12.1 Å². The van der Waals surface area contributed by atoms with E-state index in [0.717, 1.165) is 25.0 Å². The Morgan fingerprint density at radius 1 is 1.18 bits per heavy atom. The second kappa shape index (κ2) is 10.3. The molecule has 0 spiro atoms. The minimum atomic E-state index is -4.44. The van der Waals surface area contributed by atoms with Gasteiger partial charge in [-0.1, -0.05) is 26.0 Å². The van der Waals surface area contributed by atoms with Crippen LogP contribution in [0, 0.1) is 18.4 Å². The minimum Gasteiger partial charge on any atom is -0.504 e. The van der Waals surface area contributed by atoms with Gasteiger partial charge in [-0.3, -0.25) is 4.79 Å². The van der Waals surface area contributed by atoms with Crippen LogP contribution in [0.15, 0.2) is 36.4 Å². The van der Waals surface area contributed by atoms with Crippen LogP contribution in [-0.2, 0) is 15.7 Å². The third-order valence-corrected chi connectivity index (χ3v) is 5.58. The molecule has 1 atom stereocenters. The average molecular weight is 460 g/mol. The quantitative estimate of drug-likeness (QED) is 0.290. The summed E-state index contributed by atoms with van der Waals surface area (Å²) in [7, 11) is 0. The highest BCUT2D eigenvalue weighted by Gasteiger charge is 2.31. The van der Waals surface area contributed by atoms with Crippen molar-refractivity contribution in [3.63, 3.8) is 0 Å².